The number of likely N-dealkylation sites (tertiary alicyclic amines) is 1. The number of hydrogen-bond acceptors (Lipinski definition) is 2. The number of halogens is 1. The molecule has 0 unspecified atom stereocenters. The average Bonchev–Trinajstić information content (AvgIpc) is 2.40. The number of ether oxygens (including phenoxy) is 1. The van der Waals surface area contributed by atoms with Crippen LogP contribution in [0.2, 0.25) is 5.02 Å². The second-order valence-corrected chi connectivity index (χ2v) is 7.05. The highest BCUT2D eigenvalue weighted by atomic mass is 35.5. The second kappa shape index (κ2) is 6.82. The topological polar surface area (TPSA) is 12.5 Å². The van der Waals surface area contributed by atoms with E-state index in [2.05, 4.69) is 31.7 Å². The van der Waals surface area contributed by atoms with Crippen LogP contribution in [0.3, 0.4) is 0 Å². The van der Waals surface area contributed by atoms with Crippen molar-refractivity contribution in [2.75, 3.05) is 26.2 Å². The highest BCUT2D eigenvalue weighted by molar-refractivity contribution is 6.32. The summed E-state index contributed by atoms with van der Waals surface area (Å²) in [6.45, 7) is 10.7. The molecule has 0 spiro atoms. The first-order valence-corrected chi connectivity index (χ1v) is 8.00. The van der Waals surface area contributed by atoms with Crippen molar-refractivity contribution in [1.29, 1.82) is 0 Å². The molecule has 3 heteroatoms. The number of piperidine rings is 1. The van der Waals surface area contributed by atoms with Gasteiger partial charge in [0.25, 0.3) is 0 Å². The van der Waals surface area contributed by atoms with E-state index in [1.165, 1.54) is 37.9 Å². The SMILES string of the molecule is CC(C)(C)c1ccc(OCCN2CCCCC2)c(Cl)c1. The minimum Gasteiger partial charge on any atom is -0.491 e. The molecule has 0 N–H and O–H groups in total. The molecule has 0 amide bonds. The summed E-state index contributed by atoms with van der Waals surface area (Å²) in [7, 11) is 0. The van der Waals surface area contributed by atoms with Crippen LogP contribution in [0.1, 0.15) is 45.6 Å². The Morgan fingerprint density at radius 3 is 2.45 bits per heavy atom. The Bertz CT molecular complexity index is 433. The fourth-order valence-corrected chi connectivity index (χ4v) is 2.79. The highest BCUT2D eigenvalue weighted by Crippen LogP contribution is 2.31. The van der Waals surface area contributed by atoms with Crippen LogP contribution in [0.15, 0.2) is 18.2 Å². The Labute approximate surface area is 128 Å². The van der Waals surface area contributed by atoms with Crippen LogP contribution in [0, 0.1) is 0 Å². The fraction of sp³-hybridized carbons (Fsp3) is 0.647. The van der Waals surface area contributed by atoms with Gasteiger partial charge in [0.15, 0.2) is 0 Å². The summed E-state index contributed by atoms with van der Waals surface area (Å²) < 4.78 is 5.83. The minimum atomic E-state index is 0.121. The van der Waals surface area contributed by atoms with Gasteiger partial charge in [-0.3, -0.25) is 4.90 Å². The molecule has 0 atom stereocenters. The predicted molar refractivity (Wildman–Crippen MR) is 85.9 cm³/mol. The maximum absolute atomic E-state index is 6.32. The lowest BCUT2D eigenvalue weighted by molar-refractivity contribution is 0.183. The average molecular weight is 296 g/mol. The molecule has 20 heavy (non-hydrogen) atoms. The van der Waals surface area contributed by atoms with Crippen molar-refractivity contribution < 1.29 is 4.74 Å². The zero-order valence-corrected chi connectivity index (χ0v) is 13.7. The third kappa shape index (κ3) is 4.39. The molecule has 1 saturated heterocycles. The van der Waals surface area contributed by atoms with Gasteiger partial charge in [-0.1, -0.05) is 44.9 Å². The molecule has 1 fully saturated rings. The third-order valence-corrected chi connectivity index (χ3v) is 4.21. The summed E-state index contributed by atoms with van der Waals surface area (Å²) in [5, 5.41) is 0.719. The summed E-state index contributed by atoms with van der Waals surface area (Å²) >= 11 is 6.32. The molecule has 0 aliphatic carbocycles. The van der Waals surface area contributed by atoms with E-state index >= 15 is 0 Å². The van der Waals surface area contributed by atoms with Crippen molar-refractivity contribution >= 4 is 11.6 Å². The van der Waals surface area contributed by atoms with Crippen LogP contribution in [-0.2, 0) is 5.41 Å². The van der Waals surface area contributed by atoms with Gasteiger partial charge in [0, 0.05) is 6.54 Å². The smallest absolute Gasteiger partial charge is 0.137 e. The molecule has 0 aromatic heterocycles. The molecule has 1 aromatic carbocycles. The maximum Gasteiger partial charge on any atom is 0.137 e. The molecule has 1 aromatic rings. The molecule has 112 valence electrons. The molecule has 2 nitrogen and oxygen atoms in total. The third-order valence-electron chi connectivity index (χ3n) is 3.91. The van der Waals surface area contributed by atoms with E-state index in [4.69, 9.17) is 16.3 Å². The van der Waals surface area contributed by atoms with Crippen LogP contribution < -0.4 is 4.74 Å². The minimum absolute atomic E-state index is 0.121. The first-order chi connectivity index (χ1) is 9.47. The van der Waals surface area contributed by atoms with Gasteiger partial charge < -0.3 is 4.74 Å². The molecule has 0 radical (unpaired) electrons. The van der Waals surface area contributed by atoms with Crippen molar-refractivity contribution in [2.24, 2.45) is 0 Å². The van der Waals surface area contributed by atoms with Crippen molar-refractivity contribution in [2.45, 2.75) is 45.4 Å². The molecule has 2 rings (SSSR count). The Kier molecular flexibility index (Phi) is 5.34. The Balaban J connectivity index is 1.86. The van der Waals surface area contributed by atoms with Crippen LogP contribution in [0.4, 0.5) is 0 Å². The van der Waals surface area contributed by atoms with E-state index in [9.17, 15) is 0 Å². The van der Waals surface area contributed by atoms with E-state index < -0.39 is 0 Å². The van der Waals surface area contributed by atoms with E-state index in [0.717, 1.165) is 17.3 Å². The molecule has 1 aliphatic rings. The predicted octanol–water partition coefficient (Wildman–Crippen LogP) is 4.50. The monoisotopic (exact) mass is 295 g/mol. The van der Waals surface area contributed by atoms with Crippen molar-refractivity contribution in [3.8, 4) is 5.75 Å². The van der Waals surface area contributed by atoms with Gasteiger partial charge in [-0.25, -0.2) is 0 Å². The highest BCUT2D eigenvalue weighted by Gasteiger charge is 2.15. The Morgan fingerprint density at radius 1 is 1.15 bits per heavy atom. The lowest BCUT2D eigenvalue weighted by Gasteiger charge is -2.26. The van der Waals surface area contributed by atoms with Gasteiger partial charge in [0.2, 0.25) is 0 Å². The molecule has 0 bridgehead atoms. The number of rotatable bonds is 4. The maximum atomic E-state index is 6.32. The molecular formula is C17H26ClNO. The van der Waals surface area contributed by atoms with Gasteiger partial charge in [-0.2, -0.15) is 0 Å². The first-order valence-electron chi connectivity index (χ1n) is 7.62. The van der Waals surface area contributed by atoms with Crippen molar-refractivity contribution in [3.05, 3.63) is 28.8 Å². The van der Waals surface area contributed by atoms with E-state index in [0.29, 0.717) is 6.61 Å². The zero-order valence-electron chi connectivity index (χ0n) is 12.9. The summed E-state index contributed by atoms with van der Waals surface area (Å²) in [5.74, 6) is 0.802. The van der Waals surface area contributed by atoms with E-state index in [-0.39, 0.29) is 5.41 Å². The summed E-state index contributed by atoms with van der Waals surface area (Å²) in [4.78, 5) is 2.47. The lowest BCUT2D eigenvalue weighted by atomic mass is 9.87. The van der Waals surface area contributed by atoms with Crippen LogP contribution >= 0.6 is 11.6 Å². The van der Waals surface area contributed by atoms with Crippen LogP contribution in [-0.4, -0.2) is 31.1 Å². The van der Waals surface area contributed by atoms with E-state index in [1.54, 1.807) is 0 Å². The van der Waals surface area contributed by atoms with Gasteiger partial charge >= 0.3 is 0 Å². The van der Waals surface area contributed by atoms with Crippen LogP contribution in [0.5, 0.6) is 5.75 Å². The number of nitrogens with zero attached hydrogens (tertiary/aromatic N) is 1. The van der Waals surface area contributed by atoms with Gasteiger partial charge in [0.1, 0.15) is 12.4 Å². The normalized spacial score (nSPS) is 17.2. The lowest BCUT2D eigenvalue weighted by Crippen LogP contribution is -2.33. The summed E-state index contributed by atoms with van der Waals surface area (Å²) in [5.41, 5.74) is 1.36. The molecular weight excluding hydrogens is 270 g/mol. The zero-order chi connectivity index (χ0) is 14.6. The molecule has 1 heterocycles. The van der Waals surface area contributed by atoms with Gasteiger partial charge in [0.05, 0.1) is 5.02 Å². The van der Waals surface area contributed by atoms with Crippen molar-refractivity contribution in [3.63, 3.8) is 0 Å². The largest absolute Gasteiger partial charge is 0.491 e. The van der Waals surface area contributed by atoms with Crippen LogP contribution in [0.25, 0.3) is 0 Å². The first kappa shape index (κ1) is 15.7. The number of hydrogen-bond donors (Lipinski definition) is 0. The van der Waals surface area contributed by atoms with E-state index in [1.807, 2.05) is 12.1 Å². The summed E-state index contributed by atoms with van der Waals surface area (Å²) in [6, 6.07) is 6.14. The van der Waals surface area contributed by atoms with Gasteiger partial charge in [-0.05, 0) is 49.0 Å². The standard InChI is InChI=1S/C17H26ClNO/c1-17(2,3)14-7-8-16(15(18)13-14)20-12-11-19-9-5-4-6-10-19/h7-8,13H,4-6,9-12H2,1-3H3. The van der Waals surface area contributed by atoms with Gasteiger partial charge in [-0.15, -0.1) is 0 Å². The molecule has 1 aliphatic heterocycles. The summed E-state index contributed by atoms with van der Waals surface area (Å²) in [6.07, 6.45) is 4.01. The van der Waals surface area contributed by atoms with Crippen molar-refractivity contribution in [1.82, 2.24) is 4.90 Å². The number of benzene rings is 1. The quantitative estimate of drug-likeness (QED) is 0.811. The fourth-order valence-electron chi connectivity index (χ4n) is 2.55. The molecule has 0 saturated carbocycles. The Hall–Kier alpha value is -0.730. The Morgan fingerprint density at radius 2 is 1.85 bits per heavy atom. The second-order valence-electron chi connectivity index (χ2n) is 6.65.